The van der Waals surface area contributed by atoms with Gasteiger partial charge in [-0.2, -0.15) is 5.10 Å². The van der Waals surface area contributed by atoms with Crippen molar-refractivity contribution in [3.8, 4) is 0 Å². The third-order valence-electron chi connectivity index (χ3n) is 3.68. The molecule has 0 unspecified atom stereocenters. The molecule has 1 aromatic rings. The third-order valence-corrected chi connectivity index (χ3v) is 3.68. The Kier molecular flexibility index (Phi) is 5.11. The van der Waals surface area contributed by atoms with E-state index in [1.54, 1.807) is 6.08 Å². The Morgan fingerprint density at radius 1 is 1.24 bits per heavy atom. The molecule has 112 valence electrons. The standard InChI is InChI=1S/C16H21N3O2/c17-15(20)19-18-14(16(21)11-5-2-6-12-16)10-9-13-7-3-1-4-8-13/h1,3-4,7-10,21H,2,5-6,11-12H2,(H3,17,19,20)/b10-9+,18-14-. The second-order valence-corrected chi connectivity index (χ2v) is 5.31. The van der Waals surface area contributed by atoms with Crippen LogP contribution in [-0.2, 0) is 0 Å². The van der Waals surface area contributed by atoms with E-state index < -0.39 is 11.6 Å². The average Bonchev–Trinajstić information content (AvgIpc) is 2.48. The van der Waals surface area contributed by atoms with Gasteiger partial charge < -0.3 is 10.8 Å². The highest BCUT2D eigenvalue weighted by Crippen LogP contribution is 2.30. The zero-order valence-corrected chi connectivity index (χ0v) is 12.0. The van der Waals surface area contributed by atoms with E-state index in [4.69, 9.17) is 5.73 Å². The third kappa shape index (κ3) is 4.43. The van der Waals surface area contributed by atoms with E-state index in [-0.39, 0.29) is 0 Å². The van der Waals surface area contributed by atoms with Crippen LogP contribution in [-0.4, -0.2) is 22.5 Å². The molecule has 1 saturated carbocycles. The van der Waals surface area contributed by atoms with Gasteiger partial charge in [-0.3, -0.25) is 0 Å². The Morgan fingerprint density at radius 2 is 1.90 bits per heavy atom. The van der Waals surface area contributed by atoms with E-state index in [0.29, 0.717) is 18.6 Å². The molecule has 1 aliphatic carbocycles. The average molecular weight is 287 g/mol. The Hall–Kier alpha value is -2.14. The summed E-state index contributed by atoms with van der Waals surface area (Å²) < 4.78 is 0. The van der Waals surface area contributed by atoms with Crippen molar-refractivity contribution in [1.82, 2.24) is 5.43 Å². The number of carbonyl (C=O) groups excluding carboxylic acids is 1. The first-order chi connectivity index (χ1) is 10.1. The fourth-order valence-corrected chi connectivity index (χ4v) is 2.54. The zero-order chi connectivity index (χ0) is 15.1. The van der Waals surface area contributed by atoms with E-state index in [1.807, 2.05) is 36.4 Å². The van der Waals surface area contributed by atoms with Gasteiger partial charge in [0.15, 0.2) is 0 Å². The normalized spacial score (nSPS) is 18.6. The van der Waals surface area contributed by atoms with Crippen molar-refractivity contribution in [2.24, 2.45) is 10.8 Å². The molecule has 0 bridgehead atoms. The number of nitrogens with zero attached hydrogens (tertiary/aromatic N) is 1. The number of rotatable bonds is 4. The molecule has 0 radical (unpaired) electrons. The molecule has 5 nitrogen and oxygen atoms in total. The van der Waals surface area contributed by atoms with Gasteiger partial charge in [0.25, 0.3) is 0 Å². The smallest absolute Gasteiger partial charge is 0.332 e. The molecule has 0 spiro atoms. The molecule has 21 heavy (non-hydrogen) atoms. The summed E-state index contributed by atoms with van der Waals surface area (Å²) in [4.78, 5) is 10.9. The zero-order valence-electron chi connectivity index (χ0n) is 12.0. The summed E-state index contributed by atoms with van der Waals surface area (Å²) in [5.41, 5.74) is 7.74. The molecule has 0 atom stereocenters. The number of benzene rings is 1. The minimum absolute atomic E-state index is 0.449. The van der Waals surface area contributed by atoms with Gasteiger partial charge in [-0.05, 0) is 24.5 Å². The molecule has 2 rings (SSSR count). The van der Waals surface area contributed by atoms with Crippen LogP contribution in [0.15, 0.2) is 41.5 Å². The van der Waals surface area contributed by atoms with Crippen LogP contribution in [0.2, 0.25) is 0 Å². The van der Waals surface area contributed by atoms with Crippen molar-refractivity contribution < 1.29 is 9.90 Å². The van der Waals surface area contributed by atoms with E-state index in [2.05, 4.69) is 10.5 Å². The van der Waals surface area contributed by atoms with Crippen molar-refractivity contribution in [3.05, 3.63) is 42.0 Å². The minimum Gasteiger partial charge on any atom is -0.383 e. The fourth-order valence-electron chi connectivity index (χ4n) is 2.54. The number of hydrogen-bond donors (Lipinski definition) is 3. The topological polar surface area (TPSA) is 87.7 Å². The number of nitrogens with two attached hydrogens (primary N) is 1. The van der Waals surface area contributed by atoms with Crippen LogP contribution in [0.3, 0.4) is 0 Å². The Balaban J connectivity index is 2.21. The lowest BCUT2D eigenvalue weighted by molar-refractivity contribution is 0.0714. The van der Waals surface area contributed by atoms with Gasteiger partial charge in [-0.1, -0.05) is 55.7 Å². The van der Waals surface area contributed by atoms with Crippen LogP contribution in [0.1, 0.15) is 37.7 Å². The van der Waals surface area contributed by atoms with Crippen molar-refractivity contribution in [2.45, 2.75) is 37.7 Å². The van der Waals surface area contributed by atoms with Gasteiger partial charge in [0.05, 0.1) is 5.71 Å². The number of carbonyl (C=O) groups is 1. The lowest BCUT2D eigenvalue weighted by atomic mass is 9.81. The first-order valence-electron chi connectivity index (χ1n) is 7.19. The van der Waals surface area contributed by atoms with Crippen molar-refractivity contribution in [1.29, 1.82) is 0 Å². The van der Waals surface area contributed by atoms with Gasteiger partial charge in [0.1, 0.15) is 5.60 Å². The summed E-state index contributed by atoms with van der Waals surface area (Å²) in [5, 5.41) is 14.7. The number of hydrogen-bond acceptors (Lipinski definition) is 3. The maximum absolute atomic E-state index is 10.9. The van der Waals surface area contributed by atoms with Gasteiger partial charge >= 0.3 is 6.03 Å². The molecule has 2 amide bonds. The molecular weight excluding hydrogens is 266 g/mol. The molecule has 0 aromatic heterocycles. The maximum Gasteiger partial charge on any atom is 0.332 e. The van der Waals surface area contributed by atoms with Crippen molar-refractivity contribution in [2.75, 3.05) is 0 Å². The van der Waals surface area contributed by atoms with Crippen molar-refractivity contribution in [3.63, 3.8) is 0 Å². The molecule has 1 aliphatic rings. The second-order valence-electron chi connectivity index (χ2n) is 5.31. The Bertz CT molecular complexity index is 532. The van der Waals surface area contributed by atoms with E-state index in [9.17, 15) is 9.90 Å². The van der Waals surface area contributed by atoms with E-state index in [0.717, 1.165) is 24.8 Å². The Morgan fingerprint density at radius 3 is 2.52 bits per heavy atom. The molecule has 0 heterocycles. The molecule has 0 saturated heterocycles. The van der Waals surface area contributed by atoms with Crippen LogP contribution in [0.4, 0.5) is 4.79 Å². The minimum atomic E-state index is -0.994. The SMILES string of the molecule is NC(=O)N/N=C(/C=C/c1ccccc1)C1(O)CCCCC1. The van der Waals surface area contributed by atoms with Crippen LogP contribution >= 0.6 is 0 Å². The van der Waals surface area contributed by atoms with Crippen molar-refractivity contribution >= 4 is 17.8 Å². The first-order valence-corrected chi connectivity index (χ1v) is 7.19. The lowest BCUT2D eigenvalue weighted by Gasteiger charge is -2.31. The number of primary amides is 1. The summed E-state index contributed by atoms with van der Waals surface area (Å²) in [6, 6.07) is 9.00. The molecule has 4 N–H and O–H groups in total. The van der Waals surface area contributed by atoms with Crippen LogP contribution < -0.4 is 11.2 Å². The summed E-state index contributed by atoms with van der Waals surface area (Å²) >= 11 is 0. The first kappa shape index (κ1) is 15.3. The molecular formula is C16H21N3O2. The monoisotopic (exact) mass is 287 g/mol. The fraction of sp³-hybridized carbons (Fsp3) is 0.375. The number of nitrogens with one attached hydrogen (secondary N) is 1. The number of aliphatic hydroxyl groups is 1. The van der Waals surface area contributed by atoms with Crippen LogP contribution in [0, 0.1) is 0 Å². The quantitative estimate of drug-likeness (QED) is 0.586. The Labute approximate surface area is 124 Å². The predicted molar refractivity (Wildman–Crippen MR) is 83.7 cm³/mol. The largest absolute Gasteiger partial charge is 0.383 e. The lowest BCUT2D eigenvalue weighted by Crippen LogP contribution is -2.41. The van der Waals surface area contributed by atoms with Crippen LogP contribution in [0.25, 0.3) is 6.08 Å². The highest BCUT2D eigenvalue weighted by atomic mass is 16.3. The summed E-state index contributed by atoms with van der Waals surface area (Å²) in [6.07, 6.45) is 7.92. The number of hydrazone groups is 1. The van der Waals surface area contributed by atoms with Gasteiger partial charge in [0.2, 0.25) is 0 Å². The predicted octanol–water partition coefficient (Wildman–Crippen LogP) is 2.42. The molecule has 1 fully saturated rings. The van der Waals surface area contributed by atoms with E-state index in [1.165, 1.54) is 0 Å². The van der Waals surface area contributed by atoms with Gasteiger partial charge in [-0.15, -0.1) is 0 Å². The van der Waals surface area contributed by atoms with Gasteiger partial charge in [0, 0.05) is 0 Å². The van der Waals surface area contributed by atoms with Crippen LogP contribution in [0.5, 0.6) is 0 Å². The maximum atomic E-state index is 10.9. The molecule has 0 aliphatic heterocycles. The second kappa shape index (κ2) is 7.04. The number of amides is 2. The summed E-state index contributed by atoms with van der Waals surface area (Å²) in [5.74, 6) is 0. The van der Waals surface area contributed by atoms with Gasteiger partial charge in [-0.25, -0.2) is 10.2 Å². The summed E-state index contributed by atoms with van der Waals surface area (Å²) in [7, 11) is 0. The van der Waals surface area contributed by atoms with E-state index >= 15 is 0 Å². The highest BCUT2D eigenvalue weighted by molar-refractivity contribution is 6.04. The summed E-state index contributed by atoms with van der Waals surface area (Å²) in [6.45, 7) is 0. The number of urea groups is 1. The molecule has 5 heteroatoms. The molecule has 1 aromatic carbocycles. The highest BCUT2D eigenvalue weighted by Gasteiger charge is 2.33.